The van der Waals surface area contributed by atoms with Crippen LogP contribution in [0.15, 0.2) is 96.1 Å². The van der Waals surface area contributed by atoms with E-state index >= 15 is 0 Å². The van der Waals surface area contributed by atoms with E-state index in [1.165, 1.54) is 46.8 Å². The molecule has 0 spiro atoms. The van der Waals surface area contributed by atoms with Crippen LogP contribution in [0.4, 0.5) is 101 Å². The van der Waals surface area contributed by atoms with Gasteiger partial charge in [-0.15, -0.1) is 0 Å². The summed E-state index contributed by atoms with van der Waals surface area (Å²) in [5.74, 6) is -69.3. The van der Waals surface area contributed by atoms with E-state index in [1.54, 1.807) is 30.3 Å². The molecule has 3 aromatic carbocycles. The number of halogens is 22. The maximum Gasteiger partial charge on any atom is 0.460 e. The minimum absolute atomic E-state index is 0.0826. The summed E-state index contributed by atoms with van der Waals surface area (Å²) >= 11 is 0. The van der Waals surface area contributed by atoms with Gasteiger partial charge in [0.05, 0.1) is 17.5 Å². The van der Waals surface area contributed by atoms with E-state index in [4.69, 9.17) is 9.47 Å². The number of hydrogen-bond donors (Lipinski definition) is 0. The summed E-state index contributed by atoms with van der Waals surface area (Å²) in [5, 5.41) is 0. The fourth-order valence-corrected chi connectivity index (χ4v) is 8.07. The van der Waals surface area contributed by atoms with E-state index in [9.17, 15) is 111 Å². The van der Waals surface area contributed by atoms with E-state index in [-0.39, 0.29) is 27.8 Å². The van der Waals surface area contributed by atoms with Gasteiger partial charge in [-0.05, 0) is 86.6 Å². The Morgan fingerprint density at radius 1 is 0.592 bits per heavy atom. The van der Waals surface area contributed by atoms with Gasteiger partial charge in [-0.25, -0.2) is 9.59 Å². The summed E-state index contributed by atoms with van der Waals surface area (Å²) in [4.78, 5) is 44.0. The van der Waals surface area contributed by atoms with Crippen molar-refractivity contribution in [3.8, 4) is 0 Å². The number of carbonyl (C=O) groups is 3. The highest BCUT2D eigenvalue weighted by molar-refractivity contribution is 6.29. The summed E-state index contributed by atoms with van der Waals surface area (Å²) in [6.07, 6.45) is -18.3. The Hall–Kier alpha value is -5.99. The molecule has 0 aromatic heterocycles. The zero-order valence-corrected chi connectivity index (χ0v) is 39.4. The first-order valence-corrected chi connectivity index (χ1v) is 21.7. The van der Waals surface area contributed by atoms with Crippen molar-refractivity contribution in [2.45, 2.75) is 131 Å². The second kappa shape index (κ2) is 19.2. The van der Waals surface area contributed by atoms with Crippen LogP contribution >= 0.6 is 0 Å². The predicted octanol–water partition coefficient (Wildman–Crippen LogP) is 14.5. The van der Waals surface area contributed by atoms with Crippen LogP contribution < -0.4 is 0 Å². The number of alkyl halides is 22. The number of ketones is 1. The summed E-state index contributed by atoms with van der Waals surface area (Å²) in [6.45, 7) is 5.73. The lowest BCUT2D eigenvalue weighted by Gasteiger charge is -2.45. The van der Waals surface area contributed by atoms with Crippen LogP contribution in [0.25, 0.3) is 5.57 Å². The molecule has 2 aliphatic rings. The number of aryl methyl sites for hydroxylation is 1. The Bertz CT molecular complexity index is 2760. The lowest BCUT2D eigenvalue weighted by atomic mass is 9.75. The maximum absolute atomic E-state index is 14.7. The molecule has 5 rings (SSSR count). The van der Waals surface area contributed by atoms with Crippen LogP contribution in [-0.4, -0.2) is 94.0 Å². The molecule has 0 bridgehead atoms. The van der Waals surface area contributed by atoms with Gasteiger partial charge < -0.3 is 9.47 Å². The van der Waals surface area contributed by atoms with Crippen molar-refractivity contribution in [3.05, 3.63) is 124 Å². The van der Waals surface area contributed by atoms with E-state index < -0.39 is 138 Å². The predicted molar refractivity (Wildman–Crippen MR) is 221 cm³/mol. The fraction of sp³-hybridized carbons (Fsp3) is 0.479. The Balaban J connectivity index is 1.46. The highest BCUT2D eigenvalue weighted by atomic mass is 19.4. The Labute approximate surface area is 415 Å². The third-order valence-corrected chi connectivity index (χ3v) is 12.3. The molecule has 0 saturated carbocycles. The normalized spacial score (nSPS) is 18.6. The van der Waals surface area contributed by atoms with Crippen LogP contribution in [-0.2, 0) is 44.7 Å². The highest BCUT2D eigenvalue weighted by Crippen LogP contribution is 2.65. The molecule has 1 aliphatic heterocycles. The first kappa shape index (κ1) is 60.9. The van der Waals surface area contributed by atoms with Gasteiger partial charge in [0.25, 0.3) is 0 Å². The van der Waals surface area contributed by atoms with Gasteiger partial charge in [0.2, 0.25) is 0 Å². The van der Waals surface area contributed by atoms with Gasteiger partial charge >= 0.3 is 71.8 Å². The summed E-state index contributed by atoms with van der Waals surface area (Å²) in [6, 6.07) is 14.7. The van der Waals surface area contributed by atoms with Crippen LogP contribution in [0.2, 0.25) is 0 Å². The van der Waals surface area contributed by atoms with Crippen molar-refractivity contribution >= 4 is 23.4 Å². The van der Waals surface area contributed by atoms with Crippen LogP contribution in [0.1, 0.15) is 68.9 Å². The number of esters is 1. The summed E-state index contributed by atoms with van der Waals surface area (Å²) < 4.78 is 316. The van der Waals surface area contributed by atoms with Gasteiger partial charge in [-0.3, -0.25) is 9.69 Å². The quantitative estimate of drug-likeness (QED) is 0.106. The molecule has 1 atom stereocenters. The Morgan fingerprint density at radius 2 is 1.08 bits per heavy atom. The number of carbonyl (C=O) groups excluding carboxylic acids is 3. The highest BCUT2D eigenvalue weighted by Gasteiger charge is 2.96. The lowest BCUT2D eigenvalue weighted by Crippen LogP contribution is -2.75. The molecule has 1 amide bonds. The molecule has 28 heteroatoms. The zero-order valence-electron chi connectivity index (χ0n) is 39.4. The van der Waals surface area contributed by atoms with Crippen molar-refractivity contribution < 1.29 is 120 Å². The second-order valence-electron chi connectivity index (χ2n) is 19.2. The van der Waals surface area contributed by atoms with Crippen molar-refractivity contribution in [2.75, 3.05) is 6.54 Å². The van der Waals surface area contributed by atoms with Crippen LogP contribution in [0.3, 0.4) is 0 Å². The van der Waals surface area contributed by atoms with Crippen molar-refractivity contribution in [1.82, 2.24) is 4.90 Å². The maximum atomic E-state index is 14.7. The van der Waals surface area contributed by atoms with E-state index in [1.807, 2.05) is 0 Å². The summed E-state index contributed by atoms with van der Waals surface area (Å²) in [7, 11) is 0. The zero-order chi connectivity index (χ0) is 58.3. The molecule has 0 saturated heterocycles. The number of Topliss-reactive ketones (excluding diaryl/α,β-unsaturated/α-hetero) is 1. The largest absolute Gasteiger partial charge is 0.460 e. The number of nitrogens with zero attached hydrogens (tertiary/aromatic N) is 1. The Morgan fingerprint density at radius 3 is 1.57 bits per heavy atom. The standard InChI is InChI=1S/C48H39F22NO5/c1-36(2,3)76-34(73)38(21-27-10-9-13-29(20-27)40(51,52)53)22-31-30(32(33(72)37(31,4)5)28-11-7-6-8-12-28)23-71(38)35(74)75-24-26-16-14-25(15-17-26)18-19-39(49,50)41(54,55)42(56,57)43(58,59)44(60,61)45(62,63)46(64,65)47(66,67)48(68,69)70/h6-17,20,22H,18-19,21,23-24H2,1-5H3. The molecular formula is C48H39F22NO5. The number of hydrogen-bond acceptors (Lipinski definition) is 5. The van der Waals surface area contributed by atoms with Gasteiger partial charge in [0.1, 0.15) is 12.2 Å². The number of allylic oxidation sites excluding steroid dienone is 1. The van der Waals surface area contributed by atoms with Crippen molar-refractivity contribution in [2.24, 2.45) is 5.41 Å². The third kappa shape index (κ3) is 10.1. The molecule has 0 N–H and O–H groups in total. The molecule has 1 heterocycles. The van der Waals surface area contributed by atoms with Gasteiger partial charge in [0.15, 0.2) is 11.3 Å². The number of amides is 1. The van der Waals surface area contributed by atoms with E-state index in [2.05, 4.69) is 0 Å². The minimum Gasteiger partial charge on any atom is -0.458 e. The molecule has 0 fully saturated rings. The molecule has 6 nitrogen and oxygen atoms in total. The average molecular weight is 1130 g/mol. The lowest BCUT2D eigenvalue weighted by molar-refractivity contribution is -0.468. The topological polar surface area (TPSA) is 72.9 Å². The average Bonchev–Trinajstić information content (AvgIpc) is 3.48. The second-order valence-corrected chi connectivity index (χ2v) is 19.2. The molecule has 0 radical (unpaired) electrons. The summed E-state index contributed by atoms with van der Waals surface area (Å²) in [5.41, 5.74) is -6.57. The number of rotatable bonds is 16. The smallest absolute Gasteiger partial charge is 0.458 e. The van der Waals surface area contributed by atoms with E-state index in [0.29, 0.717) is 23.8 Å². The Kier molecular flexibility index (Phi) is 15.4. The minimum atomic E-state index is -9.05. The van der Waals surface area contributed by atoms with Gasteiger partial charge in [-0.1, -0.05) is 72.8 Å². The molecule has 76 heavy (non-hydrogen) atoms. The number of fused-ring (bicyclic) bond motifs is 1. The van der Waals surface area contributed by atoms with Gasteiger partial charge in [-0.2, -0.15) is 96.6 Å². The molecule has 1 aliphatic carbocycles. The number of benzene rings is 3. The van der Waals surface area contributed by atoms with Crippen molar-refractivity contribution in [1.29, 1.82) is 0 Å². The van der Waals surface area contributed by atoms with Crippen LogP contribution in [0.5, 0.6) is 0 Å². The third-order valence-electron chi connectivity index (χ3n) is 12.3. The first-order valence-electron chi connectivity index (χ1n) is 21.7. The van der Waals surface area contributed by atoms with Crippen molar-refractivity contribution in [3.63, 3.8) is 0 Å². The van der Waals surface area contributed by atoms with Crippen LogP contribution in [0, 0.1) is 5.41 Å². The molecule has 420 valence electrons. The first-order chi connectivity index (χ1) is 34.1. The molecular weight excluding hydrogens is 1090 g/mol. The number of ether oxygens (including phenoxy) is 2. The SMILES string of the molecule is CC(C)(C)OC(=O)C1(Cc2cccc(C(F)(F)F)c2)C=C2C(=C(c3ccccc3)C(=O)C2(C)C)CN1C(=O)OCc1ccc(CCC(F)(F)C(F)(F)C(F)(F)C(F)(F)C(F)(F)C(F)(F)C(F)(F)C(F)(F)C(F)(F)F)cc1. The van der Waals surface area contributed by atoms with Gasteiger partial charge in [0, 0.05) is 18.4 Å². The van der Waals surface area contributed by atoms with E-state index in [0.717, 1.165) is 29.2 Å². The fourth-order valence-electron chi connectivity index (χ4n) is 8.07. The molecule has 1 unspecified atom stereocenters. The molecule has 3 aromatic rings. The monoisotopic (exact) mass is 1130 g/mol.